The van der Waals surface area contributed by atoms with Crippen LogP contribution >= 0.6 is 0 Å². The van der Waals surface area contributed by atoms with Crippen molar-refractivity contribution in [1.82, 2.24) is 15.1 Å². The Labute approximate surface area is 146 Å². The molecule has 0 aromatic heterocycles. The predicted molar refractivity (Wildman–Crippen MR) is 92.0 cm³/mol. The van der Waals surface area contributed by atoms with Crippen LogP contribution in [0.5, 0.6) is 0 Å². The number of hydrogen-bond acceptors (Lipinski definition) is 4. The van der Waals surface area contributed by atoms with E-state index in [4.69, 9.17) is 0 Å². The summed E-state index contributed by atoms with van der Waals surface area (Å²) < 4.78 is 0. The van der Waals surface area contributed by atoms with E-state index < -0.39 is 6.04 Å². The normalized spacial score (nSPS) is 24.6. The van der Waals surface area contributed by atoms with E-state index in [0.717, 1.165) is 25.9 Å². The van der Waals surface area contributed by atoms with E-state index in [1.165, 1.54) is 4.90 Å². The van der Waals surface area contributed by atoms with Crippen LogP contribution in [0, 0.1) is 5.92 Å². The molecule has 25 heavy (non-hydrogen) atoms. The molecule has 1 aromatic carbocycles. The molecule has 3 fully saturated rings. The number of anilines is 1. The predicted octanol–water partition coefficient (Wildman–Crippen LogP) is 0.666. The van der Waals surface area contributed by atoms with Crippen molar-refractivity contribution in [2.24, 2.45) is 5.92 Å². The minimum Gasteiger partial charge on any atom is -0.338 e. The fourth-order valence-electron chi connectivity index (χ4n) is 3.94. The molecule has 0 spiro atoms. The van der Waals surface area contributed by atoms with Crippen molar-refractivity contribution in [1.29, 1.82) is 0 Å². The van der Waals surface area contributed by atoms with Crippen molar-refractivity contribution in [2.75, 3.05) is 37.6 Å². The van der Waals surface area contributed by atoms with Gasteiger partial charge in [0.15, 0.2) is 0 Å². The molecule has 7 nitrogen and oxygen atoms in total. The van der Waals surface area contributed by atoms with Crippen molar-refractivity contribution >= 4 is 23.5 Å². The van der Waals surface area contributed by atoms with E-state index in [-0.39, 0.29) is 23.8 Å². The number of rotatable bonds is 2. The summed E-state index contributed by atoms with van der Waals surface area (Å²) in [6, 6.07) is 8.13. The Hall–Kier alpha value is -2.41. The summed E-state index contributed by atoms with van der Waals surface area (Å²) in [5.41, 5.74) is 0.586. The Bertz CT molecular complexity index is 687. The van der Waals surface area contributed by atoms with Gasteiger partial charge in [-0.1, -0.05) is 18.2 Å². The van der Waals surface area contributed by atoms with Gasteiger partial charge in [-0.2, -0.15) is 0 Å². The first-order valence-corrected chi connectivity index (χ1v) is 8.86. The molecule has 0 saturated carbocycles. The molecule has 3 heterocycles. The van der Waals surface area contributed by atoms with Gasteiger partial charge in [0.1, 0.15) is 6.04 Å². The third-order valence-electron chi connectivity index (χ3n) is 5.34. The molecular weight excluding hydrogens is 320 g/mol. The topological polar surface area (TPSA) is 73.0 Å². The molecule has 3 saturated heterocycles. The molecule has 4 rings (SSSR count). The van der Waals surface area contributed by atoms with Crippen LogP contribution in [-0.2, 0) is 9.59 Å². The lowest BCUT2D eigenvalue weighted by atomic mass is 9.96. The van der Waals surface area contributed by atoms with E-state index in [1.54, 1.807) is 34.1 Å². The summed E-state index contributed by atoms with van der Waals surface area (Å²) in [7, 11) is 0. The highest BCUT2D eigenvalue weighted by molar-refractivity contribution is 6.21. The molecule has 0 radical (unpaired) electrons. The smallest absolute Gasteiger partial charge is 0.332 e. The maximum atomic E-state index is 12.8. The number of hydrogen-bond donors (Lipinski definition) is 1. The lowest BCUT2D eigenvalue weighted by Gasteiger charge is -2.37. The van der Waals surface area contributed by atoms with Gasteiger partial charge in [-0.05, 0) is 38.1 Å². The summed E-state index contributed by atoms with van der Waals surface area (Å²) in [5, 5.41) is 3.26. The van der Waals surface area contributed by atoms with Gasteiger partial charge in [0.25, 0.3) is 5.91 Å². The molecule has 0 unspecified atom stereocenters. The van der Waals surface area contributed by atoms with Crippen LogP contribution in [0.4, 0.5) is 10.5 Å². The first-order valence-electron chi connectivity index (χ1n) is 8.86. The van der Waals surface area contributed by atoms with Gasteiger partial charge >= 0.3 is 6.03 Å². The van der Waals surface area contributed by atoms with Crippen LogP contribution in [0.15, 0.2) is 30.3 Å². The number of benzene rings is 1. The summed E-state index contributed by atoms with van der Waals surface area (Å²) in [6.45, 7) is 2.94. The highest BCUT2D eigenvalue weighted by atomic mass is 16.2. The molecule has 0 aliphatic carbocycles. The average molecular weight is 342 g/mol. The number of imide groups is 1. The number of carbonyl (C=O) groups excluding carboxylic acids is 3. The minimum atomic E-state index is -0.563. The molecule has 3 aliphatic rings. The van der Waals surface area contributed by atoms with Crippen LogP contribution in [0.2, 0.25) is 0 Å². The van der Waals surface area contributed by atoms with E-state index in [2.05, 4.69) is 5.32 Å². The highest BCUT2D eigenvalue weighted by Crippen LogP contribution is 2.28. The van der Waals surface area contributed by atoms with Gasteiger partial charge < -0.3 is 15.1 Å². The molecule has 1 aromatic rings. The first kappa shape index (κ1) is 16.1. The molecular formula is C18H22N4O3. The van der Waals surface area contributed by atoms with Gasteiger partial charge in [0, 0.05) is 19.0 Å². The summed E-state index contributed by atoms with van der Waals surface area (Å²) >= 11 is 0. The van der Waals surface area contributed by atoms with Crippen molar-refractivity contribution in [2.45, 2.75) is 18.9 Å². The van der Waals surface area contributed by atoms with E-state index in [0.29, 0.717) is 25.3 Å². The van der Waals surface area contributed by atoms with Crippen molar-refractivity contribution in [3.8, 4) is 0 Å². The number of amides is 4. The van der Waals surface area contributed by atoms with Crippen molar-refractivity contribution in [3.63, 3.8) is 0 Å². The van der Waals surface area contributed by atoms with Crippen LogP contribution in [0.3, 0.4) is 0 Å². The Balaban J connectivity index is 1.50. The van der Waals surface area contributed by atoms with Gasteiger partial charge in [-0.15, -0.1) is 0 Å². The van der Waals surface area contributed by atoms with Gasteiger partial charge in [0.05, 0.1) is 12.2 Å². The second-order valence-corrected chi connectivity index (χ2v) is 6.81. The third kappa shape index (κ3) is 2.78. The van der Waals surface area contributed by atoms with Crippen LogP contribution in [0.1, 0.15) is 12.8 Å². The molecule has 0 bridgehead atoms. The average Bonchev–Trinajstić information content (AvgIpc) is 2.92. The number of nitrogens with zero attached hydrogens (tertiary/aromatic N) is 3. The third-order valence-corrected chi connectivity index (χ3v) is 5.34. The number of fused-ring (bicyclic) bond motifs is 1. The standard InChI is InChI=1S/C18H22N4O3/c23-16(13-6-8-19-9-7-13)20-10-11-21-15(12-20)17(24)22(18(21)25)14-4-2-1-3-5-14/h1-5,13,15,19H,6-12H2/t15-/m0/s1. The molecule has 4 amide bonds. The lowest BCUT2D eigenvalue weighted by molar-refractivity contribution is -0.139. The highest BCUT2D eigenvalue weighted by Gasteiger charge is 2.49. The SMILES string of the molecule is O=C(C1CCNCC1)N1CCN2C(=O)N(c3ccccc3)C(=O)[C@@H]2C1. The first-order chi connectivity index (χ1) is 12.2. The Morgan fingerprint density at radius 1 is 1.04 bits per heavy atom. The fourth-order valence-corrected chi connectivity index (χ4v) is 3.94. The summed E-state index contributed by atoms with van der Waals surface area (Å²) in [6.07, 6.45) is 1.68. The zero-order valence-electron chi connectivity index (χ0n) is 14.1. The molecule has 132 valence electrons. The molecule has 1 atom stereocenters. The van der Waals surface area contributed by atoms with Crippen molar-refractivity contribution in [3.05, 3.63) is 30.3 Å². The van der Waals surface area contributed by atoms with E-state index in [9.17, 15) is 14.4 Å². The monoisotopic (exact) mass is 342 g/mol. The van der Waals surface area contributed by atoms with Crippen LogP contribution < -0.4 is 10.2 Å². The zero-order valence-corrected chi connectivity index (χ0v) is 14.1. The Morgan fingerprint density at radius 2 is 1.76 bits per heavy atom. The number of urea groups is 1. The van der Waals surface area contributed by atoms with Crippen molar-refractivity contribution < 1.29 is 14.4 Å². The number of para-hydroxylation sites is 1. The Morgan fingerprint density at radius 3 is 2.48 bits per heavy atom. The van der Waals surface area contributed by atoms with Gasteiger partial charge in [0.2, 0.25) is 5.91 Å². The zero-order chi connectivity index (χ0) is 17.4. The largest absolute Gasteiger partial charge is 0.338 e. The maximum Gasteiger partial charge on any atom is 0.332 e. The summed E-state index contributed by atoms with van der Waals surface area (Å²) in [5.74, 6) is -0.0798. The number of piperidine rings is 1. The van der Waals surface area contributed by atoms with Crippen LogP contribution in [0.25, 0.3) is 0 Å². The molecule has 1 N–H and O–H groups in total. The quantitative estimate of drug-likeness (QED) is 0.802. The van der Waals surface area contributed by atoms with Gasteiger partial charge in [-0.3, -0.25) is 9.59 Å². The Kier molecular flexibility index (Phi) is 4.17. The molecule has 7 heteroatoms. The number of nitrogens with one attached hydrogen (secondary N) is 1. The van der Waals surface area contributed by atoms with Gasteiger partial charge in [-0.25, -0.2) is 9.69 Å². The fraction of sp³-hybridized carbons (Fsp3) is 0.500. The maximum absolute atomic E-state index is 12.8. The number of piperazine rings is 1. The lowest BCUT2D eigenvalue weighted by Crippen LogP contribution is -2.56. The second-order valence-electron chi connectivity index (χ2n) is 6.81. The minimum absolute atomic E-state index is 0.0326. The summed E-state index contributed by atoms with van der Waals surface area (Å²) in [4.78, 5) is 42.8. The van der Waals surface area contributed by atoms with E-state index >= 15 is 0 Å². The van der Waals surface area contributed by atoms with Crippen LogP contribution in [-0.4, -0.2) is 66.4 Å². The molecule has 3 aliphatic heterocycles. The second kappa shape index (κ2) is 6.48. The van der Waals surface area contributed by atoms with E-state index in [1.807, 2.05) is 6.07 Å². The number of carbonyl (C=O) groups is 3.